The number of carbonyl (C=O) groups excluding carboxylic acids is 2. The molecule has 1 N–H and O–H groups in total. The monoisotopic (exact) mass is 272 g/mol. The van der Waals surface area contributed by atoms with Crippen molar-refractivity contribution in [3.8, 4) is 0 Å². The van der Waals surface area contributed by atoms with Crippen molar-refractivity contribution in [1.29, 1.82) is 0 Å². The third-order valence-electron chi connectivity index (χ3n) is 3.18. The second kappa shape index (κ2) is 6.40. The molecule has 1 heterocycles. The molecule has 0 aromatic rings. The Kier molecular flexibility index (Phi) is 5.14. The van der Waals surface area contributed by atoms with Crippen LogP contribution in [0.15, 0.2) is 0 Å². The van der Waals surface area contributed by atoms with Gasteiger partial charge in [-0.1, -0.05) is 0 Å². The summed E-state index contributed by atoms with van der Waals surface area (Å²) in [5.74, 6) is -1.53. The van der Waals surface area contributed by atoms with Gasteiger partial charge < -0.3 is 19.6 Å². The van der Waals surface area contributed by atoms with Crippen molar-refractivity contribution in [2.45, 2.75) is 38.8 Å². The Morgan fingerprint density at radius 2 is 2.05 bits per heavy atom. The predicted octanol–water partition coefficient (Wildman–Crippen LogP) is 0.539. The van der Waals surface area contributed by atoms with Crippen LogP contribution >= 0.6 is 0 Å². The molecule has 0 aromatic carbocycles. The first-order valence-corrected chi connectivity index (χ1v) is 6.25. The molecule has 108 valence electrons. The van der Waals surface area contributed by atoms with Crippen LogP contribution in [-0.4, -0.2) is 65.2 Å². The zero-order valence-corrected chi connectivity index (χ0v) is 11.5. The van der Waals surface area contributed by atoms with Crippen molar-refractivity contribution in [2.24, 2.45) is 0 Å². The fourth-order valence-electron chi connectivity index (χ4n) is 2.09. The Morgan fingerprint density at radius 1 is 1.42 bits per heavy atom. The molecule has 1 aliphatic heterocycles. The number of hydrogen-bond donors (Lipinski definition) is 1. The van der Waals surface area contributed by atoms with Crippen molar-refractivity contribution < 1.29 is 24.2 Å². The van der Waals surface area contributed by atoms with Crippen molar-refractivity contribution in [3.63, 3.8) is 0 Å². The van der Waals surface area contributed by atoms with Crippen LogP contribution < -0.4 is 0 Å². The van der Waals surface area contributed by atoms with Crippen LogP contribution in [0.25, 0.3) is 0 Å². The molecule has 7 nitrogen and oxygen atoms in total. The number of urea groups is 1. The summed E-state index contributed by atoms with van der Waals surface area (Å²) in [6.45, 7) is 3.77. The zero-order chi connectivity index (χ0) is 14.6. The molecule has 1 unspecified atom stereocenters. The van der Waals surface area contributed by atoms with E-state index < -0.39 is 24.0 Å². The molecule has 0 aromatic heterocycles. The molecule has 7 heteroatoms. The van der Waals surface area contributed by atoms with E-state index >= 15 is 0 Å². The number of carboxylic acids is 1. The molecule has 2 amide bonds. The number of ether oxygens (including phenoxy) is 1. The van der Waals surface area contributed by atoms with Gasteiger partial charge in [-0.05, 0) is 26.7 Å². The first-order chi connectivity index (χ1) is 8.88. The third-order valence-corrected chi connectivity index (χ3v) is 3.18. The Balaban J connectivity index is 2.81. The van der Waals surface area contributed by atoms with Crippen LogP contribution in [0.1, 0.15) is 26.7 Å². The summed E-state index contributed by atoms with van der Waals surface area (Å²) < 4.78 is 4.55. The van der Waals surface area contributed by atoms with E-state index in [0.717, 1.165) is 0 Å². The van der Waals surface area contributed by atoms with E-state index in [4.69, 9.17) is 5.11 Å². The number of carboxylic acid groups (broad SMARTS) is 1. The maximum atomic E-state index is 12.3. The van der Waals surface area contributed by atoms with E-state index in [2.05, 4.69) is 4.74 Å². The topological polar surface area (TPSA) is 87.2 Å². The Bertz CT molecular complexity index is 369. The first kappa shape index (κ1) is 15.3. The van der Waals surface area contributed by atoms with Gasteiger partial charge in [-0.3, -0.25) is 4.79 Å². The van der Waals surface area contributed by atoms with Gasteiger partial charge in [0.1, 0.15) is 12.6 Å². The summed E-state index contributed by atoms with van der Waals surface area (Å²) in [6.07, 6.45) is 1.11. The second-order valence-corrected chi connectivity index (χ2v) is 4.77. The van der Waals surface area contributed by atoms with Crippen molar-refractivity contribution in [2.75, 3.05) is 20.2 Å². The normalized spacial score (nSPS) is 18.5. The maximum absolute atomic E-state index is 12.3. The molecular weight excluding hydrogens is 252 g/mol. The number of nitrogens with zero attached hydrogens (tertiary/aromatic N) is 2. The third kappa shape index (κ3) is 3.59. The van der Waals surface area contributed by atoms with Crippen LogP contribution in [-0.2, 0) is 14.3 Å². The average molecular weight is 272 g/mol. The number of carbonyl (C=O) groups is 3. The van der Waals surface area contributed by atoms with Crippen LogP contribution in [0, 0.1) is 0 Å². The molecule has 0 radical (unpaired) electrons. The summed E-state index contributed by atoms with van der Waals surface area (Å²) in [6, 6.07) is -1.43. The van der Waals surface area contributed by atoms with E-state index in [1.807, 2.05) is 0 Å². The highest BCUT2D eigenvalue weighted by Crippen LogP contribution is 2.20. The van der Waals surface area contributed by atoms with Gasteiger partial charge in [0.15, 0.2) is 0 Å². The smallest absolute Gasteiger partial charge is 0.326 e. The highest BCUT2D eigenvalue weighted by molar-refractivity contribution is 5.86. The van der Waals surface area contributed by atoms with Crippen molar-refractivity contribution in [1.82, 2.24) is 9.80 Å². The van der Waals surface area contributed by atoms with Gasteiger partial charge in [0.05, 0.1) is 7.11 Å². The van der Waals surface area contributed by atoms with E-state index in [-0.39, 0.29) is 12.6 Å². The number of rotatable bonds is 4. The molecule has 0 spiro atoms. The van der Waals surface area contributed by atoms with E-state index in [9.17, 15) is 14.4 Å². The summed E-state index contributed by atoms with van der Waals surface area (Å²) in [5, 5.41) is 9.08. The number of aliphatic carboxylic acids is 1. The highest BCUT2D eigenvalue weighted by atomic mass is 16.5. The standard InChI is InChI=1S/C12H20N2O5/c1-8(2)14(7-10(15)19-3)12(18)13-6-4-5-9(13)11(16)17/h8-9H,4-7H2,1-3H3,(H,16,17). The minimum absolute atomic E-state index is 0.171. The number of hydrogen-bond acceptors (Lipinski definition) is 4. The fraction of sp³-hybridized carbons (Fsp3) is 0.750. The molecular formula is C12H20N2O5. The summed E-state index contributed by atoms with van der Waals surface area (Å²) in [4.78, 5) is 37.4. The van der Waals surface area contributed by atoms with Crippen LogP contribution in [0.5, 0.6) is 0 Å². The quantitative estimate of drug-likeness (QED) is 0.755. The first-order valence-electron chi connectivity index (χ1n) is 6.25. The molecule has 0 saturated carbocycles. The molecule has 1 atom stereocenters. The van der Waals surface area contributed by atoms with Gasteiger partial charge in [-0.25, -0.2) is 9.59 Å². The Hall–Kier alpha value is -1.79. The van der Waals surface area contributed by atoms with Crippen LogP contribution in [0.4, 0.5) is 4.79 Å². The lowest BCUT2D eigenvalue weighted by Gasteiger charge is -2.32. The molecule has 1 fully saturated rings. The highest BCUT2D eigenvalue weighted by Gasteiger charge is 2.37. The molecule has 1 aliphatic rings. The Morgan fingerprint density at radius 3 is 2.53 bits per heavy atom. The number of esters is 1. The van der Waals surface area contributed by atoms with Gasteiger partial charge >= 0.3 is 18.0 Å². The minimum Gasteiger partial charge on any atom is -0.480 e. The van der Waals surface area contributed by atoms with Crippen molar-refractivity contribution in [3.05, 3.63) is 0 Å². The molecule has 1 saturated heterocycles. The summed E-state index contributed by atoms with van der Waals surface area (Å²) in [7, 11) is 1.25. The van der Waals surface area contributed by atoms with Gasteiger partial charge in [-0.2, -0.15) is 0 Å². The van der Waals surface area contributed by atoms with Gasteiger partial charge in [0, 0.05) is 12.6 Å². The summed E-state index contributed by atoms with van der Waals surface area (Å²) in [5.41, 5.74) is 0. The minimum atomic E-state index is -1.01. The number of amides is 2. The average Bonchev–Trinajstić information content (AvgIpc) is 2.83. The maximum Gasteiger partial charge on any atom is 0.326 e. The SMILES string of the molecule is COC(=O)CN(C(=O)N1CCCC1C(=O)O)C(C)C. The van der Waals surface area contributed by atoms with Crippen LogP contribution in [0.2, 0.25) is 0 Å². The zero-order valence-electron chi connectivity index (χ0n) is 11.5. The molecule has 1 rings (SSSR count). The molecule has 0 bridgehead atoms. The Labute approximate surface area is 112 Å². The fourth-order valence-corrected chi connectivity index (χ4v) is 2.09. The van der Waals surface area contributed by atoms with E-state index in [0.29, 0.717) is 19.4 Å². The second-order valence-electron chi connectivity index (χ2n) is 4.77. The van der Waals surface area contributed by atoms with Crippen molar-refractivity contribution >= 4 is 18.0 Å². The van der Waals surface area contributed by atoms with Crippen LogP contribution in [0.3, 0.4) is 0 Å². The summed E-state index contributed by atoms with van der Waals surface area (Å²) >= 11 is 0. The van der Waals surface area contributed by atoms with Gasteiger partial charge in [-0.15, -0.1) is 0 Å². The predicted molar refractivity (Wildman–Crippen MR) is 66.6 cm³/mol. The molecule has 0 aliphatic carbocycles. The lowest BCUT2D eigenvalue weighted by Crippen LogP contribution is -2.51. The van der Waals surface area contributed by atoms with E-state index in [1.54, 1.807) is 13.8 Å². The molecule has 19 heavy (non-hydrogen) atoms. The van der Waals surface area contributed by atoms with E-state index in [1.165, 1.54) is 16.9 Å². The van der Waals surface area contributed by atoms with Gasteiger partial charge in [0.25, 0.3) is 0 Å². The lowest BCUT2D eigenvalue weighted by molar-refractivity contribution is -0.142. The largest absolute Gasteiger partial charge is 0.480 e. The number of methoxy groups -OCH3 is 1. The number of likely N-dealkylation sites (tertiary alicyclic amines) is 1. The van der Waals surface area contributed by atoms with Gasteiger partial charge in [0.2, 0.25) is 0 Å². The lowest BCUT2D eigenvalue weighted by atomic mass is 10.2.